The second kappa shape index (κ2) is 6.00. The van der Waals surface area contributed by atoms with Gasteiger partial charge >= 0.3 is 5.97 Å². The number of rotatable bonds is 3. The molecular formula is C16H17ClN2O2. The average molecular weight is 305 g/mol. The highest BCUT2D eigenvalue weighted by Gasteiger charge is 2.28. The Bertz CT molecular complexity index is 674. The molecule has 1 unspecified atom stereocenters. The third kappa shape index (κ3) is 3.01. The van der Waals surface area contributed by atoms with Crippen molar-refractivity contribution in [2.24, 2.45) is 0 Å². The summed E-state index contributed by atoms with van der Waals surface area (Å²) in [5, 5.41) is 11.0. The van der Waals surface area contributed by atoms with Crippen LogP contribution in [0.25, 0.3) is 10.9 Å². The van der Waals surface area contributed by atoms with Gasteiger partial charge in [0.2, 0.25) is 0 Å². The molecule has 5 heteroatoms. The van der Waals surface area contributed by atoms with Crippen molar-refractivity contribution in [1.29, 1.82) is 0 Å². The van der Waals surface area contributed by atoms with Gasteiger partial charge in [0.1, 0.15) is 6.04 Å². The van der Waals surface area contributed by atoms with Gasteiger partial charge < -0.3 is 5.11 Å². The Morgan fingerprint density at radius 2 is 2.29 bits per heavy atom. The summed E-state index contributed by atoms with van der Waals surface area (Å²) in [5.41, 5.74) is 1.89. The summed E-state index contributed by atoms with van der Waals surface area (Å²) in [7, 11) is 0. The van der Waals surface area contributed by atoms with E-state index in [0.717, 1.165) is 35.9 Å². The maximum Gasteiger partial charge on any atom is 0.320 e. The minimum absolute atomic E-state index is 0.406. The van der Waals surface area contributed by atoms with E-state index < -0.39 is 12.0 Å². The number of carboxylic acids is 1. The number of hydrogen-bond donors (Lipinski definition) is 1. The molecule has 1 aliphatic rings. The first kappa shape index (κ1) is 14.3. The third-order valence-electron chi connectivity index (χ3n) is 4.02. The largest absolute Gasteiger partial charge is 0.480 e. The van der Waals surface area contributed by atoms with Crippen LogP contribution >= 0.6 is 11.6 Å². The SMILES string of the molecule is O=C(O)C1CCCCN1Cc1cc(Cl)cc2cccnc12. The van der Waals surface area contributed by atoms with Gasteiger partial charge in [-0.2, -0.15) is 0 Å². The highest BCUT2D eigenvalue weighted by molar-refractivity contribution is 6.31. The van der Waals surface area contributed by atoms with Crippen LogP contribution in [0.4, 0.5) is 0 Å². The summed E-state index contributed by atoms with van der Waals surface area (Å²) in [6.07, 6.45) is 4.48. The van der Waals surface area contributed by atoms with Gasteiger partial charge in [0.25, 0.3) is 0 Å². The maximum absolute atomic E-state index is 11.4. The topological polar surface area (TPSA) is 53.4 Å². The first-order valence-corrected chi connectivity index (χ1v) is 7.53. The van der Waals surface area contributed by atoms with Gasteiger partial charge in [0, 0.05) is 23.2 Å². The van der Waals surface area contributed by atoms with Crippen molar-refractivity contribution >= 4 is 28.5 Å². The number of pyridine rings is 1. The Labute approximate surface area is 128 Å². The van der Waals surface area contributed by atoms with Gasteiger partial charge in [-0.25, -0.2) is 0 Å². The predicted molar refractivity (Wildman–Crippen MR) is 82.4 cm³/mol. The van der Waals surface area contributed by atoms with Crippen LogP contribution in [-0.2, 0) is 11.3 Å². The Morgan fingerprint density at radius 1 is 1.43 bits per heavy atom. The number of aromatic nitrogens is 1. The fraction of sp³-hybridized carbons (Fsp3) is 0.375. The number of carboxylic acid groups (broad SMARTS) is 1. The lowest BCUT2D eigenvalue weighted by molar-refractivity contribution is -0.144. The number of benzene rings is 1. The van der Waals surface area contributed by atoms with Crippen LogP contribution in [0.15, 0.2) is 30.5 Å². The van der Waals surface area contributed by atoms with Crippen molar-refractivity contribution in [3.63, 3.8) is 0 Å². The van der Waals surface area contributed by atoms with Crippen molar-refractivity contribution in [2.75, 3.05) is 6.54 Å². The molecule has 1 saturated heterocycles. The van der Waals surface area contributed by atoms with E-state index in [0.29, 0.717) is 18.0 Å². The maximum atomic E-state index is 11.4. The molecule has 0 spiro atoms. The Morgan fingerprint density at radius 3 is 3.10 bits per heavy atom. The van der Waals surface area contributed by atoms with E-state index in [9.17, 15) is 9.90 Å². The first-order chi connectivity index (χ1) is 10.1. The summed E-state index contributed by atoms with van der Waals surface area (Å²) in [4.78, 5) is 17.8. The molecule has 21 heavy (non-hydrogen) atoms. The fourth-order valence-electron chi connectivity index (χ4n) is 3.03. The molecule has 3 rings (SSSR count). The van der Waals surface area contributed by atoms with Crippen molar-refractivity contribution in [3.8, 4) is 0 Å². The highest BCUT2D eigenvalue weighted by Crippen LogP contribution is 2.26. The van der Waals surface area contributed by atoms with Crippen LogP contribution in [0.1, 0.15) is 24.8 Å². The van der Waals surface area contributed by atoms with Crippen molar-refractivity contribution in [2.45, 2.75) is 31.8 Å². The van der Waals surface area contributed by atoms with Crippen LogP contribution < -0.4 is 0 Å². The third-order valence-corrected chi connectivity index (χ3v) is 4.24. The van der Waals surface area contributed by atoms with Crippen molar-refractivity contribution < 1.29 is 9.90 Å². The summed E-state index contributed by atoms with van der Waals surface area (Å²) in [6, 6.07) is 7.23. The van der Waals surface area contributed by atoms with Gasteiger partial charge in [0.15, 0.2) is 0 Å². The molecule has 1 fully saturated rings. The number of hydrogen-bond acceptors (Lipinski definition) is 3. The van der Waals surface area contributed by atoms with Gasteiger partial charge in [0.05, 0.1) is 5.52 Å². The lowest BCUT2D eigenvalue weighted by atomic mass is 10.0. The van der Waals surface area contributed by atoms with Crippen LogP contribution in [-0.4, -0.2) is 33.5 Å². The van der Waals surface area contributed by atoms with E-state index >= 15 is 0 Å². The quantitative estimate of drug-likeness (QED) is 0.945. The lowest BCUT2D eigenvalue weighted by Crippen LogP contribution is -2.44. The molecule has 0 amide bonds. The molecule has 1 aliphatic heterocycles. The number of fused-ring (bicyclic) bond motifs is 1. The molecule has 110 valence electrons. The molecule has 0 aliphatic carbocycles. The molecule has 0 radical (unpaired) electrons. The van der Waals surface area contributed by atoms with E-state index in [4.69, 9.17) is 11.6 Å². The predicted octanol–water partition coefficient (Wildman–Crippen LogP) is 3.33. The highest BCUT2D eigenvalue weighted by atomic mass is 35.5. The van der Waals surface area contributed by atoms with Gasteiger partial charge in [-0.15, -0.1) is 0 Å². The smallest absolute Gasteiger partial charge is 0.320 e. The lowest BCUT2D eigenvalue weighted by Gasteiger charge is -2.33. The van der Waals surface area contributed by atoms with Crippen molar-refractivity contribution in [1.82, 2.24) is 9.88 Å². The molecule has 2 aromatic rings. The first-order valence-electron chi connectivity index (χ1n) is 7.15. The molecule has 4 nitrogen and oxygen atoms in total. The van der Waals surface area contributed by atoms with E-state index in [2.05, 4.69) is 4.98 Å². The average Bonchev–Trinajstić information content (AvgIpc) is 2.47. The zero-order valence-electron chi connectivity index (χ0n) is 11.6. The van der Waals surface area contributed by atoms with Crippen LogP contribution in [0.3, 0.4) is 0 Å². The number of piperidine rings is 1. The van der Waals surface area contributed by atoms with Crippen molar-refractivity contribution in [3.05, 3.63) is 41.0 Å². The molecule has 1 aromatic carbocycles. The van der Waals surface area contributed by atoms with Crippen LogP contribution in [0, 0.1) is 0 Å². The number of carbonyl (C=O) groups is 1. The standard InChI is InChI=1S/C16H17ClN2O2/c17-13-8-11-4-3-6-18-15(11)12(9-13)10-19-7-2-1-5-14(19)16(20)21/h3-4,6,8-9,14H,1-2,5,7,10H2,(H,20,21). The molecule has 0 bridgehead atoms. The fourth-order valence-corrected chi connectivity index (χ4v) is 3.28. The normalized spacial score (nSPS) is 19.8. The van der Waals surface area contributed by atoms with E-state index in [1.807, 2.05) is 29.2 Å². The number of aliphatic carboxylic acids is 1. The Balaban J connectivity index is 1.95. The Hall–Kier alpha value is -1.65. The Kier molecular flexibility index (Phi) is 4.08. The molecule has 2 heterocycles. The molecular weight excluding hydrogens is 288 g/mol. The number of halogens is 1. The minimum atomic E-state index is -0.742. The van der Waals surface area contributed by atoms with Gasteiger partial charge in [-0.05, 0) is 43.1 Å². The summed E-state index contributed by atoms with van der Waals surface area (Å²) in [5.74, 6) is -0.742. The monoisotopic (exact) mass is 304 g/mol. The second-order valence-corrected chi connectivity index (χ2v) is 5.90. The number of likely N-dealkylation sites (tertiary alicyclic amines) is 1. The summed E-state index contributed by atoms with van der Waals surface area (Å²) in [6.45, 7) is 1.38. The van der Waals surface area contributed by atoms with E-state index in [-0.39, 0.29) is 0 Å². The molecule has 0 saturated carbocycles. The summed E-state index contributed by atoms with van der Waals surface area (Å²) < 4.78 is 0. The minimum Gasteiger partial charge on any atom is -0.480 e. The van der Waals surface area contributed by atoms with E-state index in [1.165, 1.54) is 0 Å². The molecule has 1 N–H and O–H groups in total. The molecule has 1 atom stereocenters. The molecule has 1 aromatic heterocycles. The van der Waals surface area contributed by atoms with Gasteiger partial charge in [-0.1, -0.05) is 24.1 Å². The zero-order valence-corrected chi connectivity index (χ0v) is 12.4. The van der Waals surface area contributed by atoms with E-state index in [1.54, 1.807) is 6.20 Å². The number of nitrogens with zero attached hydrogens (tertiary/aromatic N) is 2. The zero-order chi connectivity index (χ0) is 14.8. The van der Waals surface area contributed by atoms with Gasteiger partial charge in [-0.3, -0.25) is 14.7 Å². The van der Waals surface area contributed by atoms with Crippen LogP contribution in [0.2, 0.25) is 5.02 Å². The van der Waals surface area contributed by atoms with Crippen LogP contribution in [0.5, 0.6) is 0 Å². The summed E-state index contributed by atoms with van der Waals surface area (Å²) >= 11 is 6.18. The second-order valence-electron chi connectivity index (χ2n) is 5.46.